The average Bonchev–Trinajstić information content (AvgIpc) is 2.90. The maximum Gasteiger partial charge on any atom is 0.227 e. The summed E-state index contributed by atoms with van der Waals surface area (Å²) in [7, 11) is 0. The van der Waals surface area contributed by atoms with Gasteiger partial charge in [-0.3, -0.25) is 9.78 Å². The molecule has 1 saturated heterocycles. The molecule has 0 aliphatic carbocycles. The number of aryl methyl sites for hydroxylation is 1. The highest BCUT2D eigenvalue weighted by molar-refractivity contribution is 7.15. The van der Waals surface area contributed by atoms with E-state index in [0.29, 0.717) is 6.42 Å². The molecule has 0 atom stereocenters. The molecule has 1 fully saturated rings. The van der Waals surface area contributed by atoms with Gasteiger partial charge in [-0.05, 0) is 38.3 Å². The molecule has 4 nitrogen and oxygen atoms in total. The zero-order chi connectivity index (χ0) is 14.7. The largest absolute Gasteiger partial charge is 0.342 e. The lowest BCUT2D eigenvalue weighted by Gasteiger charge is -2.26. The number of pyridine rings is 1. The highest BCUT2D eigenvalue weighted by Crippen LogP contribution is 2.28. The number of thiazole rings is 1. The third kappa shape index (κ3) is 3.29. The highest BCUT2D eigenvalue weighted by atomic mass is 32.1. The van der Waals surface area contributed by atoms with Crippen LogP contribution in [0.3, 0.4) is 0 Å². The van der Waals surface area contributed by atoms with Crippen LogP contribution in [0.15, 0.2) is 24.5 Å². The molecule has 0 unspecified atom stereocenters. The number of hydrogen-bond donors (Lipinski definition) is 0. The van der Waals surface area contributed by atoms with Crippen molar-refractivity contribution in [3.8, 4) is 10.6 Å². The smallest absolute Gasteiger partial charge is 0.227 e. The van der Waals surface area contributed by atoms with Gasteiger partial charge in [-0.15, -0.1) is 11.3 Å². The lowest BCUT2D eigenvalue weighted by Crippen LogP contribution is -2.36. The number of hydrogen-bond acceptors (Lipinski definition) is 4. The summed E-state index contributed by atoms with van der Waals surface area (Å²) in [6, 6.07) is 3.91. The third-order valence-electron chi connectivity index (χ3n) is 3.84. The minimum atomic E-state index is 0.239. The molecule has 0 saturated carbocycles. The van der Waals surface area contributed by atoms with Crippen LogP contribution in [0, 0.1) is 6.92 Å². The van der Waals surface area contributed by atoms with Crippen LogP contribution in [0.5, 0.6) is 0 Å². The second-order valence-electron chi connectivity index (χ2n) is 5.38. The minimum absolute atomic E-state index is 0.239. The molecule has 2 aromatic heterocycles. The van der Waals surface area contributed by atoms with E-state index < -0.39 is 0 Å². The Morgan fingerprint density at radius 1 is 1.24 bits per heavy atom. The van der Waals surface area contributed by atoms with Crippen LogP contribution in [0.25, 0.3) is 10.6 Å². The lowest BCUT2D eigenvalue weighted by molar-refractivity contribution is -0.131. The van der Waals surface area contributed by atoms with E-state index in [9.17, 15) is 4.79 Å². The second kappa shape index (κ2) is 6.35. The van der Waals surface area contributed by atoms with Crippen LogP contribution >= 0.6 is 11.3 Å². The van der Waals surface area contributed by atoms with Crippen LogP contribution in [0.4, 0.5) is 0 Å². The van der Waals surface area contributed by atoms with Crippen molar-refractivity contribution >= 4 is 17.2 Å². The number of likely N-dealkylation sites (tertiary alicyclic amines) is 1. The predicted octanol–water partition coefficient (Wildman–Crippen LogP) is 3.07. The molecule has 0 spiro atoms. The van der Waals surface area contributed by atoms with Gasteiger partial charge in [0.25, 0.3) is 0 Å². The summed E-state index contributed by atoms with van der Waals surface area (Å²) in [4.78, 5) is 24.1. The normalized spacial score (nSPS) is 15.2. The van der Waals surface area contributed by atoms with Crippen molar-refractivity contribution in [1.82, 2.24) is 14.9 Å². The van der Waals surface area contributed by atoms with Gasteiger partial charge in [0.05, 0.1) is 12.1 Å². The van der Waals surface area contributed by atoms with Gasteiger partial charge in [-0.1, -0.05) is 0 Å². The fourth-order valence-corrected chi connectivity index (χ4v) is 3.66. The van der Waals surface area contributed by atoms with Gasteiger partial charge in [0, 0.05) is 35.9 Å². The van der Waals surface area contributed by atoms with Gasteiger partial charge in [-0.2, -0.15) is 0 Å². The van der Waals surface area contributed by atoms with E-state index in [0.717, 1.165) is 47.1 Å². The van der Waals surface area contributed by atoms with Crippen LogP contribution in [0.1, 0.15) is 29.8 Å². The Morgan fingerprint density at radius 2 is 1.95 bits per heavy atom. The van der Waals surface area contributed by atoms with Crippen molar-refractivity contribution < 1.29 is 4.79 Å². The Kier molecular flexibility index (Phi) is 4.29. The number of nitrogens with zero attached hydrogens (tertiary/aromatic N) is 3. The molecule has 110 valence electrons. The molecule has 3 heterocycles. The standard InChI is InChI=1S/C16H19N3OS/c1-12-14(11-15(20)19-9-3-2-4-10-19)21-16(18-12)13-5-7-17-8-6-13/h5-8H,2-4,9-11H2,1H3. The lowest BCUT2D eigenvalue weighted by atomic mass is 10.1. The van der Waals surface area contributed by atoms with Crippen molar-refractivity contribution in [2.45, 2.75) is 32.6 Å². The van der Waals surface area contributed by atoms with Crippen molar-refractivity contribution in [1.29, 1.82) is 0 Å². The molecule has 0 radical (unpaired) electrons. The van der Waals surface area contributed by atoms with E-state index in [-0.39, 0.29) is 5.91 Å². The summed E-state index contributed by atoms with van der Waals surface area (Å²) in [6.07, 6.45) is 7.53. The van der Waals surface area contributed by atoms with Crippen LogP contribution in [0.2, 0.25) is 0 Å². The zero-order valence-corrected chi connectivity index (χ0v) is 13.0. The predicted molar refractivity (Wildman–Crippen MR) is 84.2 cm³/mol. The number of piperidine rings is 1. The van der Waals surface area contributed by atoms with E-state index in [2.05, 4.69) is 9.97 Å². The van der Waals surface area contributed by atoms with Gasteiger partial charge in [0.2, 0.25) is 5.91 Å². The summed E-state index contributed by atoms with van der Waals surface area (Å²) in [5, 5.41) is 0.969. The van der Waals surface area contributed by atoms with E-state index >= 15 is 0 Å². The van der Waals surface area contributed by atoms with Crippen molar-refractivity contribution in [2.75, 3.05) is 13.1 Å². The van der Waals surface area contributed by atoms with Gasteiger partial charge in [-0.25, -0.2) is 4.98 Å². The first-order valence-corrected chi connectivity index (χ1v) is 8.20. The number of carbonyl (C=O) groups excluding carboxylic acids is 1. The number of carbonyl (C=O) groups is 1. The Labute approximate surface area is 128 Å². The summed E-state index contributed by atoms with van der Waals surface area (Å²) in [5.74, 6) is 0.239. The first kappa shape index (κ1) is 14.2. The Morgan fingerprint density at radius 3 is 2.67 bits per heavy atom. The third-order valence-corrected chi connectivity index (χ3v) is 5.05. The fraction of sp³-hybridized carbons (Fsp3) is 0.438. The van der Waals surface area contributed by atoms with E-state index in [1.165, 1.54) is 6.42 Å². The molecule has 0 aromatic carbocycles. The maximum atomic E-state index is 12.4. The SMILES string of the molecule is Cc1nc(-c2ccncc2)sc1CC(=O)N1CCCCC1. The van der Waals surface area contributed by atoms with E-state index in [1.807, 2.05) is 24.0 Å². The van der Waals surface area contributed by atoms with Gasteiger partial charge in [0.1, 0.15) is 5.01 Å². The first-order chi connectivity index (χ1) is 10.2. The molecule has 1 aliphatic rings. The molecule has 21 heavy (non-hydrogen) atoms. The topological polar surface area (TPSA) is 46.1 Å². The summed E-state index contributed by atoms with van der Waals surface area (Å²) < 4.78 is 0. The quantitative estimate of drug-likeness (QED) is 0.875. The van der Waals surface area contributed by atoms with Gasteiger partial charge < -0.3 is 4.90 Å². The minimum Gasteiger partial charge on any atom is -0.342 e. The molecular formula is C16H19N3OS. The Bertz CT molecular complexity index is 618. The summed E-state index contributed by atoms with van der Waals surface area (Å²) in [5.41, 5.74) is 2.03. The van der Waals surface area contributed by atoms with Gasteiger partial charge in [0.15, 0.2) is 0 Å². The molecule has 2 aromatic rings. The molecule has 5 heteroatoms. The summed E-state index contributed by atoms with van der Waals surface area (Å²) >= 11 is 1.62. The molecule has 3 rings (SSSR count). The van der Waals surface area contributed by atoms with Gasteiger partial charge >= 0.3 is 0 Å². The molecular weight excluding hydrogens is 282 g/mol. The maximum absolute atomic E-state index is 12.4. The summed E-state index contributed by atoms with van der Waals surface area (Å²) in [6.45, 7) is 3.81. The van der Waals surface area contributed by atoms with E-state index in [1.54, 1.807) is 23.7 Å². The number of aromatic nitrogens is 2. The highest BCUT2D eigenvalue weighted by Gasteiger charge is 2.19. The first-order valence-electron chi connectivity index (χ1n) is 7.38. The molecule has 1 aliphatic heterocycles. The zero-order valence-electron chi connectivity index (χ0n) is 12.2. The van der Waals surface area contributed by atoms with Crippen LogP contribution < -0.4 is 0 Å². The van der Waals surface area contributed by atoms with Crippen molar-refractivity contribution in [2.24, 2.45) is 0 Å². The molecule has 0 N–H and O–H groups in total. The Balaban J connectivity index is 1.74. The van der Waals surface area contributed by atoms with Crippen molar-refractivity contribution in [3.63, 3.8) is 0 Å². The monoisotopic (exact) mass is 301 g/mol. The van der Waals surface area contributed by atoms with Crippen LogP contribution in [-0.4, -0.2) is 33.9 Å². The van der Waals surface area contributed by atoms with Crippen LogP contribution in [-0.2, 0) is 11.2 Å². The molecule has 0 bridgehead atoms. The average molecular weight is 301 g/mol. The van der Waals surface area contributed by atoms with E-state index in [4.69, 9.17) is 0 Å². The van der Waals surface area contributed by atoms with Crippen molar-refractivity contribution in [3.05, 3.63) is 35.1 Å². The number of rotatable bonds is 3. The Hall–Kier alpha value is -1.75. The fourth-order valence-electron chi connectivity index (χ4n) is 2.60. The number of amides is 1. The second-order valence-corrected chi connectivity index (χ2v) is 6.47. The molecule has 1 amide bonds.